The Balaban J connectivity index is 1.85. The first kappa shape index (κ1) is 18.7. The van der Waals surface area contributed by atoms with Crippen molar-refractivity contribution in [1.82, 2.24) is 5.32 Å². The van der Waals surface area contributed by atoms with Gasteiger partial charge in [-0.15, -0.1) is 0 Å². The molecule has 2 amide bonds. The summed E-state index contributed by atoms with van der Waals surface area (Å²) in [5, 5.41) is 3.51. The van der Waals surface area contributed by atoms with Crippen LogP contribution < -0.4 is 10.2 Å². The number of nitrogens with one attached hydrogen (secondary N) is 1. The van der Waals surface area contributed by atoms with Gasteiger partial charge in [0.2, 0.25) is 11.8 Å². The summed E-state index contributed by atoms with van der Waals surface area (Å²) in [7, 11) is 0. The molecule has 1 aromatic carbocycles. The molecular formula is C18H25ClN2O3. The second-order valence-corrected chi connectivity index (χ2v) is 6.81. The zero-order valence-electron chi connectivity index (χ0n) is 14.5. The molecule has 1 N–H and O–H groups in total. The largest absolute Gasteiger partial charge is 0.379 e. The van der Waals surface area contributed by atoms with Gasteiger partial charge in [0, 0.05) is 36.8 Å². The normalized spacial score (nSPS) is 17.6. The van der Waals surface area contributed by atoms with Gasteiger partial charge in [-0.05, 0) is 44.9 Å². The molecule has 0 aromatic heterocycles. The van der Waals surface area contributed by atoms with E-state index in [9.17, 15) is 9.59 Å². The monoisotopic (exact) mass is 352 g/mol. The van der Waals surface area contributed by atoms with Crippen LogP contribution in [-0.2, 0) is 14.3 Å². The molecule has 1 aliphatic rings. The minimum atomic E-state index is -0.316. The average molecular weight is 353 g/mol. The van der Waals surface area contributed by atoms with Gasteiger partial charge in [0.15, 0.2) is 0 Å². The second-order valence-electron chi connectivity index (χ2n) is 6.40. The number of nitrogens with zero attached hydrogens (tertiary/aromatic N) is 1. The molecule has 0 saturated carbocycles. The Kier molecular flexibility index (Phi) is 6.63. The number of hydrogen-bond acceptors (Lipinski definition) is 3. The van der Waals surface area contributed by atoms with Crippen molar-refractivity contribution >= 4 is 29.1 Å². The van der Waals surface area contributed by atoms with Gasteiger partial charge >= 0.3 is 0 Å². The maximum absolute atomic E-state index is 12.2. The fourth-order valence-electron chi connectivity index (χ4n) is 2.63. The lowest BCUT2D eigenvalue weighted by atomic mass is 10.1. The van der Waals surface area contributed by atoms with Crippen molar-refractivity contribution in [2.45, 2.75) is 39.7 Å². The third kappa shape index (κ3) is 4.95. The molecule has 1 heterocycles. The number of carbonyl (C=O) groups excluding carboxylic acids is 2. The first-order valence-electron chi connectivity index (χ1n) is 8.34. The highest BCUT2D eigenvalue weighted by atomic mass is 35.5. The van der Waals surface area contributed by atoms with Gasteiger partial charge < -0.3 is 15.0 Å². The molecule has 24 heavy (non-hydrogen) atoms. The highest BCUT2D eigenvalue weighted by Gasteiger charge is 2.35. The van der Waals surface area contributed by atoms with Crippen LogP contribution in [0.2, 0.25) is 5.02 Å². The van der Waals surface area contributed by atoms with Crippen LogP contribution in [0.25, 0.3) is 0 Å². The lowest BCUT2D eigenvalue weighted by Gasteiger charge is -2.17. The second kappa shape index (κ2) is 8.49. The molecule has 0 bridgehead atoms. The smallest absolute Gasteiger partial charge is 0.227 e. The Morgan fingerprint density at radius 1 is 1.46 bits per heavy atom. The molecule has 1 atom stereocenters. The van der Waals surface area contributed by atoms with Crippen molar-refractivity contribution < 1.29 is 14.3 Å². The quantitative estimate of drug-likeness (QED) is 0.767. The summed E-state index contributed by atoms with van der Waals surface area (Å²) < 4.78 is 5.44. The van der Waals surface area contributed by atoms with Crippen LogP contribution in [0, 0.1) is 12.8 Å². The summed E-state index contributed by atoms with van der Waals surface area (Å²) in [6.45, 7) is 7.45. The molecule has 132 valence electrons. The van der Waals surface area contributed by atoms with Gasteiger partial charge in [-0.3, -0.25) is 9.59 Å². The minimum absolute atomic E-state index is 0.0433. The van der Waals surface area contributed by atoms with E-state index in [4.69, 9.17) is 16.3 Å². The lowest BCUT2D eigenvalue weighted by molar-refractivity contribution is -0.126. The topological polar surface area (TPSA) is 58.6 Å². The lowest BCUT2D eigenvalue weighted by Crippen LogP contribution is -2.34. The Bertz CT molecular complexity index is 604. The highest BCUT2D eigenvalue weighted by Crippen LogP contribution is 2.28. The standard InChI is InChI=1S/C18H25ClN2O3/c1-12(2)24-8-4-7-20-18(23)14-9-17(22)21(11-14)15-6-5-13(3)16(19)10-15/h5-6,10,12,14H,4,7-9,11H2,1-3H3,(H,20,23)/t14-/m1/s1. The van der Waals surface area contributed by atoms with Gasteiger partial charge in [0.1, 0.15) is 0 Å². The zero-order chi connectivity index (χ0) is 17.7. The molecule has 0 unspecified atom stereocenters. The maximum atomic E-state index is 12.2. The van der Waals surface area contributed by atoms with E-state index < -0.39 is 0 Å². The van der Waals surface area contributed by atoms with Gasteiger partial charge in [-0.2, -0.15) is 0 Å². The molecule has 2 rings (SSSR count). The summed E-state index contributed by atoms with van der Waals surface area (Å²) in [5.41, 5.74) is 1.71. The summed E-state index contributed by atoms with van der Waals surface area (Å²) in [6, 6.07) is 5.52. The van der Waals surface area contributed by atoms with Crippen LogP contribution in [0.15, 0.2) is 18.2 Å². The Hall–Kier alpha value is -1.59. The van der Waals surface area contributed by atoms with Crippen LogP contribution in [0.1, 0.15) is 32.3 Å². The number of ether oxygens (including phenoxy) is 1. The molecule has 5 nitrogen and oxygen atoms in total. The summed E-state index contributed by atoms with van der Waals surface area (Å²) in [6.07, 6.45) is 1.20. The van der Waals surface area contributed by atoms with E-state index in [0.29, 0.717) is 24.7 Å². The molecule has 1 aliphatic heterocycles. The predicted molar refractivity (Wildman–Crippen MR) is 95.4 cm³/mol. The van der Waals surface area contributed by atoms with Crippen molar-refractivity contribution in [3.63, 3.8) is 0 Å². The highest BCUT2D eigenvalue weighted by molar-refractivity contribution is 6.31. The third-order valence-electron chi connectivity index (χ3n) is 4.03. The number of hydrogen-bond donors (Lipinski definition) is 1. The van der Waals surface area contributed by atoms with Crippen LogP contribution in [0.4, 0.5) is 5.69 Å². The van der Waals surface area contributed by atoms with Crippen molar-refractivity contribution in [3.8, 4) is 0 Å². The van der Waals surface area contributed by atoms with Gasteiger partial charge in [-0.25, -0.2) is 0 Å². The SMILES string of the molecule is Cc1ccc(N2C[C@H](C(=O)NCCCOC(C)C)CC2=O)cc1Cl. The molecule has 1 aromatic rings. The number of amides is 2. The maximum Gasteiger partial charge on any atom is 0.227 e. The van der Waals surface area contributed by atoms with Crippen molar-refractivity contribution in [2.75, 3.05) is 24.6 Å². The number of anilines is 1. The van der Waals surface area contributed by atoms with E-state index in [2.05, 4.69) is 5.32 Å². The molecule has 1 fully saturated rings. The van der Waals surface area contributed by atoms with Crippen LogP contribution in [0.5, 0.6) is 0 Å². The number of halogens is 1. The van der Waals surface area contributed by atoms with E-state index in [-0.39, 0.29) is 30.3 Å². The van der Waals surface area contributed by atoms with Crippen molar-refractivity contribution in [2.24, 2.45) is 5.92 Å². The fraction of sp³-hybridized carbons (Fsp3) is 0.556. The van der Waals surface area contributed by atoms with E-state index >= 15 is 0 Å². The summed E-state index contributed by atoms with van der Waals surface area (Å²) >= 11 is 6.13. The molecule has 0 radical (unpaired) electrons. The Labute approximate surface area is 148 Å². The first-order chi connectivity index (χ1) is 11.4. The number of carbonyl (C=O) groups is 2. The summed E-state index contributed by atoms with van der Waals surface area (Å²) in [5.74, 6) is -0.435. The average Bonchev–Trinajstić information content (AvgIpc) is 2.91. The molecule has 6 heteroatoms. The molecular weight excluding hydrogens is 328 g/mol. The van der Waals surface area contributed by atoms with Crippen LogP contribution in [-0.4, -0.2) is 37.6 Å². The predicted octanol–water partition coefficient (Wildman–Crippen LogP) is 2.93. The molecule has 1 saturated heterocycles. The van der Waals surface area contributed by atoms with Crippen LogP contribution in [0.3, 0.4) is 0 Å². The van der Waals surface area contributed by atoms with Crippen LogP contribution >= 0.6 is 11.6 Å². The van der Waals surface area contributed by atoms with Gasteiger partial charge in [0.05, 0.1) is 12.0 Å². The van der Waals surface area contributed by atoms with Crippen molar-refractivity contribution in [1.29, 1.82) is 0 Å². The number of rotatable bonds is 7. The van der Waals surface area contributed by atoms with E-state index in [0.717, 1.165) is 17.7 Å². The Morgan fingerprint density at radius 3 is 2.88 bits per heavy atom. The fourth-order valence-corrected chi connectivity index (χ4v) is 2.80. The van der Waals surface area contributed by atoms with Gasteiger partial charge in [-0.1, -0.05) is 17.7 Å². The van der Waals surface area contributed by atoms with E-state index in [1.165, 1.54) is 0 Å². The first-order valence-corrected chi connectivity index (χ1v) is 8.72. The van der Waals surface area contributed by atoms with E-state index in [1.54, 1.807) is 11.0 Å². The zero-order valence-corrected chi connectivity index (χ0v) is 15.2. The van der Waals surface area contributed by atoms with Gasteiger partial charge in [0.25, 0.3) is 0 Å². The summed E-state index contributed by atoms with van der Waals surface area (Å²) in [4.78, 5) is 26.1. The Morgan fingerprint density at radius 2 is 2.21 bits per heavy atom. The van der Waals surface area contributed by atoms with E-state index in [1.807, 2.05) is 32.9 Å². The molecule has 0 aliphatic carbocycles. The number of benzene rings is 1. The third-order valence-corrected chi connectivity index (χ3v) is 4.44. The minimum Gasteiger partial charge on any atom is -0.379 e. The van der Waals surface area contributed by atoms with Crippen molar-refractivity contribution in [3.05, 3.63) is 28.8 Å². The molecule has 0 spiro atoms. The number of aryl methyl sites for hydroxylation is 1.